The number of nitrogens with zero attached hydrogens (tertiary/aromatic N) is 5. The highest BCUT2D eigenvalue weighted by Crippen LogP contribution is 2.21. The third-order valence-corrected chi connectivity index (χ3v) is 4.16. The summed E-state index contributed by atoms with van der Waals surface area (Å²) in [5, 5.41) is 21.6. The molecular formula is C17H17ClN6O3. The molecule has 0 unspecified atom stereocenters. The minimum Gasteiger partial charge on any atom is -0.358 e. The second kappa shape index (κ2) is 8.00. The van der Waals surface area contributed by atoms with Crippen molar-refractivity contribution in [3.05, 3.63) is 74.7 Å². The van der Waals surface area contributed by atoms with E-state index in [1.165, 1.54) is 10.9 Å². The van der Waals surface area contributed by atoms with Crippen LogP contribution in [0.25, 0.3) is 0 Å². The Morgan fingerprint density at radius 1 is 1.22 bits per heavy atom. The van der Waals surface area contributed by atoms with E-state index in [0.717, 1.165) is 17.7 Å². The zero-order valence-corrected chi connectivity index (χ0v) is 15.3. The van der Waals surface area contributed by atoms with Crippen LogP contribution >= 0.6 is 11.6 Å². The lowest BCUT2D eigenvalue weighted by atomic mass is 10.1. The summed E-state index contributed by atoms with van der Waals surface area (Å²) < 4.78 is 3.18. The molecule has 3 rings (SSSR count). The number of halogens is 1. The number of rotatable bonds is 7. The van der Waals surface area contributed by atoms with Gasteiger partial charge in [-0.05, 0) is 29.5 Å². The molecule has 10 heteroatoms. The summed E-state index contributed by atoms with van der Waals surface area (Å²) in [4.78, 5) is 22.4. The zero-order valence-electron chi connectivity index (χ0n) is 14.5. The standard InChI is InChI=1S/C17H17ClN6O3/c1-2-22-10-13(8-20-22)7-19-17(25)14-5-3-12(4-6-14)9-23-11-15(18)16(21-23)24(26)27/h3-6,8,10-11H,2,7,9H2,1H3,(H,19,25). The molecule has 0 bridgehead atoms. The average Bonchev–Trinajstić information content (AvgIpc) is 3.26. The highest BCUT2D eigenvalue weighted by atomic mass is 35.5. The number of carbonyl (C=O) groups is 1. The monoisotopic (exact) mass is 388 g/mol. The number of carbonyl (C=O) groups excluding carboxylic acids is 1. The van der Waals surface area contributed by atoms with Gasteiger partial charge in [-0.15, -0.1) is 0 Å². The van der Waals surface area contributed by atoms with Gasteiger partial charge in [0.15, 0.2) is 5.02 Å². The van der Waals surface area contributed by atoms with Crippen molar-refractivity contribution in [2.75, 3.05) is 0 Å². The van der Waals surface area contributed by atoms with E-state index in [1.54, 1.807) is 35.1 Å². The summed E-state index contributed by atoms with van der Waals surface area (Å²) in [5.74, 6) is -0.567. The summed E-state index contributed by atoms with van der Waals surface area (Å²) >= 11 is 5.79. The van der Waals surface area contributed by atoms with Gasteiger partial charge in [-0.25, -0.2) is 0 Å². The topological polar surface area (TPSA) is 108 Å². The van der Waals surface area contributed by atoms with Crippen LogP contribution < -0.4 is 5.32 Å². The van der Waals surface area contributed by atoms with Crippen molar-refractivity contribution in [2.24, 2.45) is 0 Å². The van der Waals surface area contributed by atoms with Crippen LogP contribution in [-0.2, 0) is 19.6 Å². The Morgan fingerprint density at radius 3 is 2.56 bits per heavy atom. The Morgan fingerprint density at radius 2 is 1.96 bits per heavy atom. The first-order valence-corrected chi connectivity index (χ1v) is 8.60. The third kappa shape index (κ3) is 4.50. The van der Waals surface area contributed by atoms with Gasteiger partial charge in [0.2, 0.25) is 0 Å². The lowest BCUT2D eigenvalue weighted by Gasteiger charge is -2.05. The molecule has 1 aromatic carbocycles. The van der Waals surface area contributed by atoms with Crippen LogP contribution in [0.5, 0.6) is 0 Å². The van der Waals surface area contributed by atoms with E-state index in [2.05, 4.69) is 15.5 Å². The molecule has 0 saturated heterocycles. The van der Waals surface area contributed by atoms with E-state index < -0.39 is 4.92 Å². The normalized spacial score (nSPS) is 10.7. The number of benzene rings is 1. The van der Waals surface area contributed by atoms with Crippen LogP contribution in [0.1, 0.15) is 28.4 Å². The molecule has 0 radical (unpaired) electrons. The van der Waals surface area contributed by atoms with Gasteiger partial charge in [0.25, 0.3) is 5.91 Å². The molecule has 27 heavy (non-hydrogen) atoms. The highest BCUT2D eigenvalue weighted by Gasteiger charge is 2.19. The molecule has 1 amide bonds. The molecule has 0 saturated carbocycles. The maximum atomic E-state index is 12.2. The van der Waals surface area contributed by atoms with Crippen molar-refractivity contribution in [3.63, 3.8) is 0 Å². The van der Waals surface area contributed by atoms with Gasteiger partial charge in [-0.3, -0.25) is 9.48 Å². The molecular weight excluding hydrogens is 372 g/mol. The van der Waals surface area contributed by atoms with Crippen LogP contribution in [-0.4, -0.2) is 30.4 Å². The Labute approximate surface area is 159 Å². The minimum absolute atomic E-state index is 0.0117. The summed E-state index contributed by atoms with van der Waals surface area (Å²) in [6.07, 6.45) is 5.01. The number of aryl methyl sites for hydroxylation is 1. The van der Waals surface area contributed by atoms with Gasteiger partial charge < -0.3 is 15.4 Å². The predicted molar refractivity (Wildman–Crippen MR) is 98.5 cm³/mol. The van der Waals surface area contributed by atoms with E-state index in [4.69, 9.17) is 11.6 Å². The van der Waals surface area contributed by atoms with Crippen molar-refractivity contribution in [3.8, 4) is 0 Å². The van der Waals surface area contributed by atoms with Crippen molar-refractivity contribution < 1.29 is 9.72 Å². The summed E-state index contributed by atoms with van der Waals surface area (Å²) in [6.45, 7) is 3.48. The quantitative estimate of drug-likeness (QED) is 0.494. The van der Waals surface area contributed by atoms with Crippen molar-refractivity contribution in [1.82, 2.24) is 24.9 Å². The van der Waals surface area contributed by atoms with Crippen LogP contribution in [0.2, 0.25) is 5.02 Å². The Bertz CT molecular complexity index is 963. The highest BCUT2D eigenvalue weighted by molar-refractivity contribution is 6.32. The van der Waals surface area contributed by atoms with Crippen LogP contribution in [0.3, 0.4) is 0 Å². The van der Waals surface area contributed by atoms with Gasteiger partial charge in [-0.2, -0.15) is 9.78 Å². The molecule has 0 aliphatic rings. The number of nitro groups is 1. The fourth-order valence-electron chi connectivity index (χ4n) is 2.50. The minimum atomic E-state index is -0.628. The molecule has 0 aliphatic heterocycles. The summed E-state index contributed by atoms with van der Waals surface area (Å²) in [6, 6.07) is 6.93. The maximum absolute atomic E-state index is 12.2. The average molecular weight is 389 g/mol. The number of amides is 1. The molecule has 3 aromatic rings. The number of nitrogens with one attached hydrogen (secondary N) is 1. The van der Waals surface area contributed by atoms with Crippen molar-refractivity contribution in [1.29, 1.82) is 0 Å². The van der Waals surface area contributed by atoms with Crippen LogP contribution in [0, 0.1) is 10.1 Å². The fourth-order valence-corrected chi connectivity index (χ4v) is 2.71. The van der Waals surface area contributed by atoms with Gasteiger partial charge in [0.05, 0.1) is 24.0 Å². The lowest BCUT2D eigenvalue weighted by Crippen LogP contribution is -2.22. The molecule has 9 nitrogen and oxygen atoms in total. The van der Waals surface area contributed by atoms with Crippen LogP contribution in [0.15, 0.2) is 42.9 Å². The predicted octanol–water partition coefficient (Wildman–Crippen LogP) is 2.64. The van der Waals surface area contributed by atoms with E-state index in [-0.39, 0.29) is 16.7 Å². The van der Waals surface area contributed by atoms with Gasteiger partial charge >= 0.3 is 5.82 Å². The first kappa shape index (κ1) is 18.6. The molecule has 0 atom stereocenters. The SMILES string of the molecule is CCn1cc(CNC(=O)c2ccc(Cn3cc(Cl)c([N+](=O)[O-])n3)cc2)cn1. The Balaban J connectivity index is 1.60. The van der Waals surface area contributed by atoms with Crippen molar-refractivity contribution in [2.45, 2.75) is 26.6 Å². The number of hydrogen-bond acceptors (Lipinski definition) is 5. The Hall–Kier alpha value is -3.20. The van der Waals surface area contributed by atoms with E-state index in [0.29, 0.717) is 18.7 Å². The first-order valence-electron chi connectivity index (χ1n) is 8.22. The molecule has 2 aromatic heterocycles. The molecule has 0 aliphatic carbocycles. The molecule has 0 spiro atoms. The van der Waals surface area contributed by atoms with Gasteiger partial charge in [-0.1, -0.05) is 23.7 Å². The Kier molecular flexibility index (Phi) is 5.51. The van der Waals surface area contributed by atoms with Crippen molar-refractivity contribution >= 4 is 23.3 Å². The third-order valence-electron chi connectivity index (χ3n) is 3.90. The van der Waals surface area contributed by atoms with E-state index >= 15 is 0 Å². The van der Waals surface area contributed by atoms with Gasteiger partial charge in [0.1, 0.15) is 0 Å². The lowest BCUT2D eigenvalue weighted by molar-refractivity contribution is -0.389. The molecule has 0 fully saturated rings. The first-order chi connectivity index (χ1) is 13.0. The number of hydrogen-bond donors (Lipinski definition) is 1. The molecule has 140 valence electrons. The molecule has 1 N–H and O–H groups in total. The van der Waals surface area contributed by atoms with E-state index in [9.17, 15) is 14.9 Å². The fraction of sp³-hybridized carbons (Fsp3) is 0.235. The smallest absolute Gasteiger partial charge is 0.358 e. The van der Waals surface area contributed by atoms with Gasteiger partial charge in [0, 0.05) is 30.4 Å². The second-order valence-electron chi connectivity index (χ2n) is 5.84. The summed E-state index contributed by atoms with van der Waals surface area (Å²) in [7, 11) is 0. The largest absolute Gasteiger partial charge is 0.408 e. The maximum Gasteiger partial charge on any atom is 0.408 e. The molecule has 2 heterocycles. The second-order valence-corrected chi connectivity index (χ2v) is 6.25. The zero-order chi connectivity index (χ0) is 19.4. The van der Waals surface area contributed by atoms with E-state index in [1.807, 2.05) is 13.1 Å². The summed E-state index contributed by atoms with van der Waals surface area (Å²) in [5.41, 5.74) is 2.29. The number of aromatic nitrogens is 4. The van der Waals surface area contributed by atoms with Crippen LogP contribution in [0.4, 0.5) is 5.82 Å².